The monoisotopic (exact) mass is 348 g/mol. The summed E-state index contributed by atoms with van der Waals surface area (Å²) in [5.41, 5.74) is 15.3. The second-order valence-electron chi connectivity index (χ2n) is 6.93. The van der Waals surface area contributed by atoms with Gasteiger partial charge in [0.05, 0.1) is 11.9 Å². The fraction of sp³-hybridized carbons (Fsp3) is 0.273. The maximum atomic E-state index is 6.34. The van der Waals surface area contributed by atoms with E-state index in [2.05, 4.69) is 37.8 Å². The highest BCUT2D eigenvalue weighted by Gasteiger charge is 2.16. The van der Waals surface area contributed by atoms with Crippen LogP contribution in [0.25, 0.3) is 11.8 Å². The zero-order valence-electron chi connectivity index (χ0n) is 15.9. The maximum Gasteiger partial charge on any atom is 0.0634 e. The third-order valence-corrected chi connectivity index (χ3v) is 5.31. The Morgan fingerprint density at radius 3 is 2.81 bits per heavy atom. The van der Waals surface area contributed by atoms with Crippen LogP contribution in [0.1, 0.15) is 50.3 Å². The quantitative estimate of drug-likeness (QED) is 0.623. The first kappa shape index (κ1) is 18.1. The SMILES string of the molecule is C=C1C=CN(N(N)/C=C(\N)c2ccc3c(c2)CCC(CC)=C3)C(C)=C1C. The van der Waals surface area contributed by atoms with E-state index in [0.717, 1.165) is 41.7 Å². The number of allylic oxidation sites excluding steroid dienone is 5. The number of rotatable bonds is 4. The number of benzene rings is 1. The summed E-state index contributed by atoms with van der Waals surface area (Å²) in [6.07, 6.45) is 11.2. The van der Waals surface area contributed by atoms with Crippen LogP contribution in [0.5, 0.6) is 0 Å². The van der Waals surface area contributed by atoms with Gasteiger partial charge < -0.3 is 5.73 Å². The van der Waals surface area contributed by atoms with Crippen LogP contribution in [-0.4, -0.2) is 10.1 Å². The molecule has 4 nitrogen and oxygen atoms in total. The van der Waals surface area contributed by atoms with Crippen molar-refractivity contribution >= 4 is 11.8 Å². The number of nitrogens with two attached hydrogens (primary N) is 2. The predicted octanol–water partition coefficient (Wildman–Crippen LogP) is 4.45. The molecule has 4 N–H and O–H groups in total. The van der Waals surface area contributed by atoms with E-state index in [1.165, 1.54) is 21.8 Å². The van der Waals surface area contributed by atoms with Crippen molar-refractivity contribution in [1.82, 2.24) is 10.1 Å². The van der Waals surface area contributed by atoms with Gasteiger partial charge in [0.25, 0.3) is 0 Å². The molecule has 26 heavy (non-hydrogen) atoms. The van der Waals surface area contributed by atoms with Crippen molar-refractivity contribution in [3.05, 3.63) is 82.4 Å². The molecule has 0 spiro atoms. The number of fused-ring (bicyclic) bond motifs is 1. The topological polar surface area (TPSA) is 58.5 Å². The molecule has 0 unspecified atom stereocenters. The molecule has 0 bridgehead atoms. The van der Waals surface area contributed by atoms with E-state index in [-0.39, 0.29) is 0 Å². The molecule has 1 aromatic rings. The van der Waals surface area contributed by atoms with Crippen molar-refractivity contribution in [1.29, 1.82) is 0 Å². The first-order valence-electron chi connectivity index (χ1n) is 9.08. The predicted molar refractivity (Wildman–Crippen MR) is 110 cm³/mol. The summed E-state index contributed by atoms with van der Waals surface area (Å²) in [5.74, 6) is 6.24. The Morgan fingerprint density at radius 2 is 2.08 bits per heavy atom. The third kappa shape index (κ3) is 3.46. The molecule has 0 saturated heterocycles. The van der Waals surface area contributed by atoms with Gasteiger partial charge in [-0.15, -0.1) is 0 Å². The molecule has 3 rings (SSSR count). The molecule has 136 valence electrons. The second kappa shape index (κ2) is 7.26. The Labute approximate surface area is 156 Å². The van der Waals surface area contributed by atoms with E-state index in [1.54, 1.807) is 6.20 Å². The molecule has 1 aliphatic heterocycles. The van der Waals surface area contributed by atoms with Crippen molar-refractivity contribution in [2.45, 2.75) is 40.0 Å². The van der Waals surface area contributed by atoms with Gasteiger partial charge in [-0.2, -0.15) is 0 Å². The van der Waals surface area contributed by atoms with E-state index < -0.39 is 0 Å². The van der Waals surface area contributed by atoms with Gasteiger partial charge in [-0.25, -0.2) is 11.0 Å². The molecule has 1 aliphatic carbocycles. The van der Waals surface area contributed by atoms with Crippen LogP contribution in [0.2, 0.25) is 0 Å². The number of hydrazine groups is 2. The lowest BCUT2D eigenvalue weighted by Crippen LogP contribution is -2.41. The minimum Gasteiger partial charge on any atom is -0.397 e. The van der Waals surface area contributed by atoms with Crippen LogP contribution >= 0.6 is 0 Å². The molecular weight excluding hydrogens is 320 g/mol. The van der Waals surface area contributed by atoms with Gasteiger partial charge in [0.2, 0.25) is 0 Å². The molecule has 1 aromatic carbocycles. The largest absolute Gasteiger partial charge is 0.397 e. The van der Waals surface area contributed by atoms with Gasteiger partial charge in [0, 0.05) is 11.9 Å². The van der Waals surface area contributed by atoms with Crippen molar-refractivity contribution < 1.29 is 0 Å². The summed E-state index contributed by atoms with van der Waals surface area (Å²) < 4.78 is 0. The van der Waals surface area contributed by atoms with Gasteiger partial charge >= 0.3 is 0 Å². The lowest BCUT2D eigenvalue weighted by atomic mass is 9.89. The highest BCUT2D eigenvalue weighted by Crippen LogP contribution is 2.28. The number of aryl methyl sites for hydroxylation is 1. The highest BCUT2D eigenvalue weighted by molar-refractivity contribution is 5.68. The average Bonchev–Trinajstić information content (AvgIpc) is 2.65. The zero-order valence-corrected chi connectivity index (χ0v) is 15.9. The van der Waals surface area contributed by atoms with Crippen molar-refractivity contribution in [2.75, 3.05) is 0 Å². The fourth-order valence-electron chi connectivity index (χ4n) is 3.34. The third-order valence-electron chi connectivity index (χ3n) is 5.31. The zero-order chi connectivity index (χ0) is 18.8. The summed E-state index contributed by atoms with van der Waals surface area (Å²) >= 11 is 0. The number of hydrogen-bond acceptors (Lipinski definition) is 4. The van der Waals surface area contributed by atoms with Crippen molar-refractivity contribution in [2.24, 2.45) is 11.6 Å². The molecule has 0 radical (unpaired) electrons. The number of hydrogen-bond donors (Lipinski definition) is 2. The molecule has 1 heterocycles. The molecule has 0 atom stereocenters. The summed E-state index contributed by atoms with van der Waals surface area (Å²) in [5, 5.41) is 3.39. The Bertz CT molecular complexity index is 855. The van der Waals surface area contributed by atoms with Crippen LogP contribution in [-0.2, 0) is 6.42 Å². The summed E-state index contributed by atoms with van der Waals surface area (Å²) in [4.78, 5) is 0. The van der Waals surface area contributed by atoms with E-state index in [0.29, 0.717) is 5.70 Å². The summed E-state index contributed by atoms with van der Waals surface area (Å²) in [7, 11) is 0. The number of nitrogens with zero attached hydrogens (tertiary/aromatic N) is 2. The highest BCUT2D eigenvalue weighted by atomic mass is 15.7. The van der Waals surface area contributed by atoms with Crippen LogP contribution in [0, 0.1) is 0 Å². The van der Waals surface area contributed by atoms with Crippen LogP contribution < -0.4 is 11.6 Å². The Hall–Kier alpha value is -2.72. The van der Waals surface area contributed by atoms with Gasteiger partial charge in [-0.1, -0.05) is 37.3 Å². The van der Waals surface area contributed by atoms with Crippen molar-refractivity contribution in [3.8, 4) is 0 Å². The minimum atomic E-state index is 0.642. The lowest BCUT2D eigenvalue weighted by Gasteiger charge is -2.33. The van der Waals surface area contributed by atoms with Crippen LogP contribution in [0.3, 0.4) is 0 Å². The summed E-state index contributed by atoms with van der Waals surface area (Å²) in [6.45, 7) is 10.3. The molecule has 0 saturated carbocycles. The average molecular weight is 348 g/mol. The molecule has 0 fully saturated rings. The van der Waals surface area contributed by atoms with Crippen LogP contribution in [0.4, 0.5) is 0 Å². The van der Waals surface area contributed by atoms with Gasteiger partial charge in [0.1, 0.15) is 0 Å². The maximum absolute atomic E-state index is 6.34. The standard InChI is InChI=1S/C22H28N4/c1-5-18-6-7-20-13-21(9-8-19(20)12-18)22(23)14-26(24)25-11-10-15(2)16(3)17(25)4/h8-14H,2,5-7,23-24H2,1,3-4H3/b22-14-. The molecule has 0 amide bonds. The summed E-state index contributed by atoms with van der Waals surface area (Å²) in [6, 6.07) is 6.40. The molecule has 4 heteroatoms. The normalized spacial score (nSPS) is 17.4. The van der Waals surface area contributed by atoms with Gasteiger partial charge in [0.15, 0.2) is 0 Å². The van der Waals surface area contributed by atoms with E-state index in [4.69, 9.17) is 11.6 Å². The van der Waals surface area contributed by atoms with Crippen molar-refractivity contribution in [3.63, 3.8) is 0 Å². The molecular formula is C22H28N4. The Kier molecular flexibility index (Phi) is 5.05. The van der Waals surface area contributed by atoms with E-state index >= 15 is 0 Å². The second-order valence-corrected chi connectivity index (χ2v) is 6.93. The lowest BCUT2D eigenvalue weighted by molar-refractivity contribution is 0.116. The Balaban J connectivity index is 1.83. The first-order valence-corrected chi connectivity index (χ1v) is 9.08. The first-order chi connectivity index (χ1) is 12.4. The van der Waals surface area contributed by atoms with Gasteiger partial charge in [-0.05, 0) is 73.1 Å². The van der Waals surface area contributed by atoms with E-state index in [1.807, 2.05) is 31.1 Å². The minimum absolute atomic E-state index is 0.642. The fourth-order valence-corrected chi connectivity index (χ4v) is 3.34. The van der Waals surface area contributed by atoms with Gasteiger partial charge in [-0.3, -0.25) is 5.01 Å². The molecule has 0 aromatic heterocycles. The Morgan fingerprint density at radius 1 is 1.31 bits per heavy atom. The van der Waals surface area contributed by atoms with E-state index in [9.17, 15) is 0 Å². The molecule has 2 aliphatic rings. The van der Waals surface area contributed by atoms with Crippen LogP contribution in [0.15, 0.2) is 65.7 Å². The smallest absolute Gasteiger partial charge is 0.0634 e.